The third-order valence-corrected chi connectivity index (χ3v) is 3.31. The zero-order chi connectivity index (χ0) is 15.8. The number of amides is 2. The van der Waals surface area contributed by atoms with Gasteiger partial charge in [0.25, 0.3) is 0 Å². The number of benzene rings is 1. The van der Waals surface area contributed by atoms with Crippen molar-refractivity contribution in [1.82, 2.24) is 15.5 Å². The average Bonchev–Trinajstić information content (AvgIpc) is 2.59. The van der Waals surface area contributed by atoms with Gasteiger partial charge in [0.1, 0.15) is 18.1 Å². The van der Waals surface area contributed by atoms with E-state index in [1.807, 2.05) is 0 Å². The number of nitrogens with one attached hydrogen (secondary N) is 2. The largest absolute Gasteiger partial charge is 0.497 e. The van der Waals surface area contributed by atoms with Crippen LogP contribution in [0.2, 0.25) is 0 Å². The van der Waals surface area contributed by atoms with Gasteiger partial charge in [-0.3, -0.25) is 9.59 Å². The topological polar surface area (TPSA) is 79.9 Å². The summed E-state index contributed by atoms with van der Waals surface area (Å²) in [6.07, 6.45) is 0. The second-order valence-electron chi connectivity index (χ2n) is 4.82. The first-order chi connectivity index (χ1) is 10.7. The maximum absolute atomic E-state index is 11.9. The molecule has 0 aromatic heterocycles. The summed E-state index contributed by atoms with van der Waals surface area (Å²) in [5.74, 6) is 0.372. The lowest BCUT2D eigenvalue weighted by Gasteiger charge is -2.26. The van der Waals surface area contributed by atoms with Crippen molar-refractivity contribution in [3.8, 4) is 11.5 Å². The highest BCUT2D eigenvalue weighted by Crippen LogP contribution is 2.16. The third kappa shape index (κ3) is 4.63. The maximum atomic E-state index is 11.9. The SMILES string of the molecule is COc1ccc(OCCNC(=O)C(=O)N2CCNCC2)cc1. The number of hydrogen-bond acceptors (Lipinski definition) is 5. The van der Waals surface area contributed by atoms with Gasteiger partial charge in [-0.25, -0.2) is 0 Å². The van der Waals surface area contributed by atoms with Crippen molar-refractivity contribution in [2.45, 2.75) is 0 Å². The lowest BCUT2D eigenvalue weighted by Crippen LogP contribution is -2.51. The van der Waals surface area contributed by atoms with Gasteiger partial charge in [-0.1, -0.05) is 0 Å². The molecule has 7 heteroatoms. The van der Waals surface area contributed by atoms with Crippen LogP contribution in [-0.4, -0.2) is 63.2 Å². The molecule has 0 spiro atoms. The van der Waals surface area contributed by atoms with Gasteiger partial charge < -0.3 is 25.0 Å². The molecular weight excluding hydrogens is 286 g/mol. The Kier molecular flexibility index (Phi) is 6.02. The molecule has 2 rings (SSSR count). The Hall–Kier alpha value is -2.28. The minimum Gasteiger partial charge on any atom is -0.497 e. The van der Waals surface area contributed by atoms with Gasteiger partial charge in [0.05, 0.1) is 13.7 Å². The van der Waals surface area contributed by atoms with E-state index in [9.17, 15) is 9.59 Å². The summed E-state index contributed by atoms with van der Waals surface area (Å²) < 4.78 is 10.5. The Morgan fingerprint density at radius 3 is 2.45 bits per heavy atom. The van der Waals surface area contributed by atoms with Crippen molar-refractivity contribution in [2.75, 3.05) is 46.4 Å². The molecule has 2 amide bonds. The Balaban J connectivity index is 1.66. The predicted octanol–water partition coefficient (Wildman–Crippen LogP) is -0.378. The zero-order valence-electron chi connectivity index (χ0n) is 12.6. The van der Waals surface area contributed by atoms with E-state index in [-0.39, 0.29) is 6.54 Å². The van der Waals surface area contributed by atoms with E-state index < -0.39 is 11.8 Å². The molecule has 1 fully saturated rings. The van der Waals surface area contributed by atoms with E-state index in [1.54, 1.807) is 36.3 Å². The van der Waals surface area contributed by atoms with Crippen LogP contribution in [0.1, 0.15) is 0 Å². The van der Waals surface area contributed by atoms with Crippen LogP contribution in [0.25, 0.3) is 0 Å². The Labute approximate surface area is 129 Å². The highest BCUT2D eigenvalue weighted by molar-refractivity contribution is 6.35. The average molecular weight is 307 g/mol. The quantitative estimate of drug-likeness (QED) is 0.573. The molecule has 0 unspecified atom stereocenters. The molecule has 1 heterocycles. The molecule has 0 aliphatic carbocycles. The number of hydrogen-bond donors (Lipinski definition) is 2. The van der Waals surface area contributed by atoms with Crippen LogP contribution in [0, 0.1) is 0 Å². The fraction of sp³-hybridized carbons (Fsp3) is 0.467. The fourth-order valence-electron chi connectivity index (χ4n) is 2.09. The summed E-state index contributed by atoms with van der Waals surface area (Å²) >= 11 is 0. The number of carbonyl (C=O) groups excluding carboxylic acids is 2. The first-order valence-electron chi connectivity index (χ1n) is 7.25. The number of carbonyl (C=O) groups is 2. The molecule has 22 heavy (non-hydrogen) atoms. The molecule has 0 saturated carbocycles. The summed E-state index contributed by atoms with van der Waals surface area (Å²) in [6, 6.07) is 7.16. The van der Waals surface area contributed by atoms with Gasteiger partial charge in [0, 0.05) is 26.2 Å². The molecule has 7 nitrogen and oxygen atoms in total. The minimum absolute atomic E-state index is 0.280. The van der Waals surface area contributed by atoms with Crippen LogP contribution in [0.15, 0.2) is 24.3 Å². The molecular formula is C15H21N3O4. The summed E-state index contributed by atoms with van der Waals surface area (Å²) in [5, 5.41) is 5.70. The number of nitrogens with zero attached hydrogens (tertiary/aromatic N) is 1. The van der Waals surface area contributed by atoms with Gasteiger partial charge in [-0.05, 0) is 24.3 Å². The second kappa shape index (κ2) is 8.23. The summed E-state index contributed by atoms with van der Waals surface area (Å²) in [6.45, 7) is 3.15. The number of rotatable bonds is 5. The Morgan fingerprint density at radius 1 is 1.18 bits per heavy atom. The zero-order valence-corrected chi connectivity index (χ0v) is 12.6. The van der Waals surface area contributed by atoms with Crippen molar-refractivity contribution in [3.63, 3.8) is 0 Å². The van der Waals surface area contributed by atoms with Crippen LogP contribution in [0.5, 0.6) is 11.5 Å². The summed E-state index contributed by atoms with van der Waals surface area (Å²) in [5.41, 5.74) is 0. The Morgan fingerprint density at radius 2 is 1.82 bits per heavy atom. The van der Waals surface area contributed by atoms with E-state index in [4.69, 9.17) is 9.47 Å². The molecule has 1 aliphatic rings. The van der Waals surface area contributed by atoms with E-state index in [1.165, 1.54) is 0 Å². The second-order valence-corrected chi connectivity index (χ2v) is 4.82. The Bertz CT molecular complexity index is 498. The van der Waals surface area contributed by atoms with Crippen LogP contribution >= 0.6 is 0 Å². The highest BCUT2D eigenvalue weighted by atomic mass is 16.5. The predicted molar refractivity (Wildman–Crippen MR) is 80.9 cm³/mol. The molecule has 1 aliphatic heterocycles. The molecule has 0 bridgehead atoms. The standard InChI is InChI=1S/C15H21N3O4/c1-21-12-2-4-13(5-3-12)22-11-8-17-14(19)15(20)18-9-6-16-7-10-18/h2-5,16H,6-11H2,1H3,(H,17,19). The first kappa shape index (κ1) is 16.1. The van der Waals surface area contributed by atoms with Crippen molar-refractivity contribution in [1.29, 1.82) is 0 Å². The van der Waals surface area contributed by atoms with E-state index in [0.717, 1.165) is 18.8 Å². The van der Waals surface area contributed by atoms with Crippen LogP contribution in [0.4, 0.5) is 0 Å². The van der Waals surface area contributed by atoms with Crippen LogP contribution in [-0.2, 0) is 9.59 Å². The van der Waals surface area contributed by atoms with Gasteiger partial charge >= 0.3 is 11.8 Å². The van der Waals surface area contributed by atoms with Crippen molar-refractivity contribution < 1.29 is 19.1 Å². The monoisotopic (exact) mass is 307 g/mol. The van der Waals surface area contributed by atoms with E-state index in [0.29, 0.717) is 25.4 Å². The van der Waals surface area contributed by atoms with Gasteiger partial charge in [0.2, 0.25) is 0 Å². The summed E-state index contributed by atoms with van der Waals surface area (Å²) in [7, 11) is 1.60. The van der Waals surface area contributed by atoms with Crippen molar-refractivity contribution >= 4 is 11.8 Å². The molecule has 0 atom stereocenters. The number of methoxy groups -OCH3 is 1. The molecule has 2 N–H and O–H groups in total. The van der Waals surface area contributed by atoms with E-state index >= 15 is 0 Å². The molecule has 1 aromatic carbocycles. The highest BCUT2D eigenvalue weighted by Gasteiger charge is 2.22. The van der Waals surface area contributed by atoms with Gasteiger partial charge in [0.15, 0.2) is 0 Å². The lowest BCUT2D eigenvalue weighted by atomic mass is 10.3. The number of ether oxygens (including phenoxy) is 2. The molecule has 0 radical (unpaired) electrons. The van der Waals surface area contributed by atoms with Gasteiger partial charge in [-0.15, -0.1) is 0 Å². The van der Waals surface area contributed by atoms with Crippen molar-refractivity contribution in [2.24, 2.45) is 0 Å². The van der Waals surface area contributed by atoms with Crippen LogP contribution < -0.4 is 20.1 Å². The minimum atomic E-state index is -0.583. The normalized spacial score (nSPS) is 14.3. The van der Waals surface area contributed by atoms with E-state index in [2.05, 4.69) is 10.6 Å². The van der Waals surface area contributed by atoms with Crippen LogP contribution in [0.3, 0.4) is 0 Å². The molecule has 1 saturated heterocycles. The molecule has 120 valence electrons. The summed E-state index contributed by atoms with van der Waals surface area (Å²) in [4.78, 5) is 25.2. The first-order valence-corrected chi connectivity index (χ1v) is 7.25. The smallest absolute Gasteiger partial charge is 0.311 e. The number of piperazine rings is 1. The maximum Gasteiger partial charge on any atom is 0.311 e. The molecule has 1 aromatic rings. The fourth-order valence-corrected chi connectivity index (χ4v) is 2.09. The van der Waals surface area contributed by atoms with Gasteiger partial charge in [-0.2, -0.15) is 0 Å². The lowest BCUT2D eigenvalue weighted by molar-refractivity contribution is -0.146. The van der Waals surface area contributed by atoms with Crippen molar-refractivity contribution in [3.05, 3.63) is 24.3 Å². The third-order valence-electron chi connectivity index (χ3n) is 3.31.